The average molecular weight is 328 g/mol. The predicted octanol–water partition coefficient (Wildman–Crippen LogP) is 0.659. The normalized spacial score (nSPS) is 9.56. The summed E-state index contributed by atoms with van der Waals surface area (Å²) in [5.41, 5.74) is 0.826. The van der Waals surface area contributed by atoms with Crippen LogP contribution in [0.15, 0.2) is 30.3 Å². The molecule has 0 aliphatic carbocycles. The minimum Gasteiger partial charge on any atom is -0.287 e. The quantitative estimate of drug-likeness (QED) is 0.664. The van der Waals surface area contributed by atoms with Crippen molar-refractivity contribution in [1.29, 1.82) is 0 Å². The Morgan fingerprint density at radius 1 is 1.31 bits per heavy atom. The molecule has 0 N–H and O–H groups in total. The van der Waals surface area contributed by atoms with E-state index in [1.165, 1.54) is 4.68 Å². The van der Waals surface area contributed by atoms with E-state index < -0.39 is 0 Å². The predicted molar refractivity (Wildman–Crippen MR) is 56.9 cm³/mol. The molecule has 0 aliphatic rings. The van der Waals surface area contributed by atoms with E-state index in [2.05, 4.69) is 28.2 Å². The molecule has 87 valence electrons. The molecule has 2 aromatic rings. The first-order valence-corrected chi connectivity index (χ1v) is 4.76. The van der Waals surface area contributed by atoms with Gasteiger partial charge in [0.1, 0.15) is 0 Å². The van der Waals surface area contributed by atoms with Gasteiger partial charge in [-0.15, -0.1) is 17.7 Å². The molecule has 0 saturated heterocycles. The van der Waals surface area contributed by atoms with Crippen LogP contribution in [0.2, 0.25) is 0 Å². The van der Waals surface area contributed by atoms with Gasteiger partial charge in [0.15, 0.2) is 10.9 Å². The first-order valence-electron chi connectivity index (χ1n) is 4.32. The number of thiol groups is 1. The number of para-hydroxylation sites is 1. The molecule has 1 aromatic carbocycles. The van der Waals surface area contributed by atoms with E-state index in [0.717, 1.165) is 5.69 Å². The fourth-order valence-electron chi connectivity index (χ4n) is 1.22. The molecule has 2 rings (SSSR count). The Morgan fingerprint density at radius 2 is 2.00 bits per heavy atom. The summed E-state index contributed by atoms with van der Waals surface area (Å²) in [6.45, 7) is 0. The van der Waals surface area contributed by atoms with Crippen LogP contribution in [0.25, 0.3) is 5.69 Å². The van der Waals surface area contributed by atoms with Crippen LogP contribution in [0.3, 0.4) is 0 Å². The van der Waals surface area contributed by atoms with Gasteiger partial charge in [-0.2, -0.15) is 4.68 Å². The second kappa shape index (κ2) is 5.95. The van der Waals surface area contributed by atoms with Crippen LogP contribution in [0.4, 0.5) is 0 Å². The Morgan fingerprint density at radius 3 is 2.62 bits per heavy atom. The molecule has 1 aromatic heterocycles. The maximum absolute atomic E-state index is 10.8. The maximum Gasteiger partial charge on any atom is 0.193 e. The zero-order valence-electron chi connectivity index (χ0n) is 8.04. The summed E-state index contributed by atoms with van der Waals surface area (Å²) in [4.78, 5) is 10.8. The van der Waals surface area contributed by atoms with Crippen molar-refractivity contribution in [2.24, 2.45) is 0 Å². The fraction of sp³-hybridized carbons (Fsp3) is 0.111. The number of benzene rings is 1. The van der Waals surface area contributed by atoms with Crippen molar-refractivity contribution in [2.45, 2.75) is 6.42 Å². The fourth-order valence-corrected chi connectivity index (χ4v) is 1.36. The second-order valence-corrected chi connectivity index (χ2v) is 3.41. The van der Waals surface area contributed by atoms with E-state index in [-0.39, 0.29) is 33.9 Å². The molecule has 0 aliphatic heterocycles. The van der Waals surface area contributed by atoms with Crippen molar-refractivity contribution < 1.29 is 27.2 Å². The molecule has 0 amide bonds. The van der Waals surface area contributed by atoms with Gasteiger partial charge in [0.25, 0.3) is 0 Å². The van der Waals surface area contributed by atoms with E-state index in [9.17, 15) is 4.79 Å². The molecule has 0 unspecified atom stereocenters. The molecule has 1 radical (unpaired) electrons. The number of nitrogens with zero attached hydrogens (tertiary/aromatic N) is 4. The van der Waals surface area contributed by atoms with Crippen LogP contribution in [-0.4, -0.2) is 25.3 Å². The van der Waals surface area contributed by atoms with Crippen LogP contribution in [0.5, 0.6) is 0 Å². The molecule has 16 heavy (non-hydrogen) atoms. The van der Waals surface area contributed by atoms with E-state index in [0.29, 0.717) is 5.82 Å². The molecular weight excluding hydrogens is 320 g/mol. The Hall–Kier alpha value is -0.950. The molecule has 0 fully saturated rings. The SMILES string of the molecule is O=C(S)Cc1nnnn1-c1ccccc1.[Ag]. The Labute approximate surface area is 113 Å². The summed E-state index contributed by atoms with van der Waals surface area (Å²) in [7, 11) is 0. The van der Waals surface area contributed by atoms with Gasteiger partial charge in [0, 0.05) is 22.4 Å². The number of hydrogen-bond acceptors (Lipinski definition) is 4. The average Bonchev–Trinajstić information content (AvgIpc) is 2.66. The van der Waals surface area contributed by atoms with E-state index >= 15 is 0 Å². The van der Waals surface area contributed by atoms with Crippen molar-refractivity contribution in [2.75, 3.05) is 0 Å². The molecule has 0 spiro atoms. The number of aromatic nitrogens is 4. The first kappa shape index (κ1) is 13.1. The summed E-state index contributed by atoms with van der Waals surface area (Å²) in [6, 6.07) is 9.38. The Bertz CT molecular complexity index is 473. The standard InChI is InChI=1S/C9H8N4OS.Ag/c14-9(15)6-8-10-11-12-13(8)7-4-2-1-3-5-7;/h1-5H,6H2,(H,14,15);. The molecule has 0 atom stereocenters. The zero-order chi connectivity index (χ0) is 10.7. The van der Waals surface area contributed by atoms with Crippen molar-refractivity contribution >= 4 is 17.7 Å². The monoisotopic (exact) mass is 327 g/mol. The summed E-state index contributed by atoms with van der Waals surface area (Å²) in [6.07, 6.45) is 0.116. The Kier molecular flexibility index (Phi) is 4.88. The van der Waals surface area contributed by atoms with Crippen LogP contribution in [-0.2, 0) is 33.6 Å². The number of carbonyl (C=O) groups is 1. The van der Waals surface area contributed by atoms with Gasteiger partial charge in [-0.1, -0.05) is 18.2 Å². The van der Waals surface area contributed by atoms with Crippen molar-refractivity contribution in [3.63, 3.8) is 0 Å². The molecular formula is C9H8AgN4OS. The third-order valence-electron chi connectivity index (χ3n) is 1.84. The third kappa shape index (κ3) is 3.02. The van der Waals surface area contributed by atoms with Gasteiger partial charge >= 0.3 is 0 Å². The number of hydrogen-bond donors (Lipinski definition) is 1. The van der Waals surface area contributed by atoms with Gasteiger partial charge < -0.3 is 0 Å². The molecule has 0 bridgehead atoms. The van der Waals surface area contributed by atoms with E-state index in [1.807, 2.05) is 30.3 Å². The topological polar surface area (TPSA) is 60.7 Å². The minimum absolute atomic E-state index is 0. The summed E-state index contributed by atoms with van der Waals surface area (Å²) in [5.74, 6) is 0.487. The molecule has 1 heterocycles. The summed E-state index contributed by atoms with van der Waals surface area (Å²) in [5, 5.41) is 10.8. The number of tetrazole rings is 1. The summed E-state index contributed by atoms with van der Waals surface area (Å²) < 4.78 is 1.52. The van der Waals surface area contributed by atoms with Gasteiger partial charge in [0.05, 0.1) is 12.1 Å². The molecule has 7 heteroatoms. The van der Waals surface area contributed by atoms with Crippen molar-refractivity contribution in [3.8, 4) is 5.69 Å². The van der Waals surface area contributed by atoms with Crippen LogP contribution < -0.4 is 0 Å². The van der Waals surface area contributed by atoms with Gasteiger partial charge in [0.2, 0.25) is 0 Å². The van der Waals surface area contributed by atoms with Gasteiger partial charge in [-0.3, -0.25) is 4.79 Å². The largest absolute Gasteiger partial charge is 0.287 e. The summed E-state index contributed by atoms with van der Waals surface area (Å²) >= 11 is 3.70. The third-order valence-corrected chi connectivity index (χ3v) is 2.00. The molecule has 5 nitrogen and oxygen atoms in total. The number of rotatable bonds is 3. The van der Waals surface area contributed by atoms with Gasteiger partial charge in [-0.25, -0.2) is 0 Å². The van der Waals surface area contributed by atoms with Crippen molar-refractivity contribution in [1.82, 2.24) is 20.2 Å². The maximum atomic E-state index is 10.8. The smallest absolute Gasteiger partial charge is 0.193 e. The van der Waals surface area contributed by atoms with E-state index in [1.54, 1.807) is 0 Å². The minimum atomic E-state index is -0.262. The zero-order valence-corrected chi connectivity index (χ0v) is 10.4. The Balaban J connectivity index is 0.00000128. The van der Waals surface area contributed by atoms with Crippen molar-refractivity contribution in [3.05, 3.63) is 36.2 Å². The van der Waals surface area contributed by atoms with E-state index in [4.69, 9.17) is 0 Å². The van der Waals surface area contributed by atoms with Gasteiger partial charge in [-0.05, 0) is 22.6 Å². The van der Waals surface area contributed by atoms with Crippen LogP contribution in [0, 0.1) is 0 Å². The molecule has 0 saturated carbocycles. The second-order valence-electron chi connectivity index (χ2n) is 2.91. The van der Waals surface area contributed by atoms with Crippen LogP contribution in [0.1, 0.15) is 5.82 Å². The van der Waals surface area contributed by atoms with Crippen LogP contribution >= 0.6 is 12.6 Å². The number of carbonyl (C=O) groups excluding carboxylic acids is 1. The first-order chi connectivity index (χ1) is 7.27.